The van der Waals surface area contributed by atoms with E-state index in [1.165, 1.54) is 11.3 Å². The standard InChI is InChI=1S/C19H21ClN2O3S/c1-3-25-18(24)17-12(2)21-19(26-17)22(15-9-10-15)16(23)11-6-13-4-7-14(20)8-5-13/h4-5,7-8,15H,3,6,9-11H2,1-2H3. The van der Waals surface area contributed by atoms with Gasteiger partial charge in [-0.15, -0.1) is 0 Å². The maximum Gasteiger partial charge on any atom is 0.350 e. The number of nitrogens with zero attached hydrogens (tertiary/aromatic N) is 2. The Labute approximate surface area is 161 Å². The molecule has 0 atom stereocenters. The average Bonchev–Trinajstić information content (AvgIpc) is 3.36. The number of benzene rings is 1. The first kappa shape index (κ1) is 18.9. The predicted molar refractivity (Wildman–Crippen MR) is 103 cm³/mol. The van der Waals surface area contributed by atoms with Crippen molar-refractivity contribution in [3.8, 4) is 0 Å². The molecule has 138 valence electrons. The van der Waals surface area contributed by atoms with E-state index in [0.717, 1.165) is 18.4 Å². The highest BCUT2D eigenvalue weighted by molar-refractivity contribution is 7.17. The molecule has 1 fully saturated rings. The van der Waals surface area contributed by atoms with Crippen molar-refractivity contribution >= 4 is 39.9 Å². The second kappa shape index (κ2) is 8.18. The van der Waals surface area contributed by atoms with E-state index in [1.54, 1.807) is 18.7 Å². The maximum absolute atomic E-state index is 12.8. The van der Waals surface area contributed by atoms with Crippen LogP contribution >= 0.6 is 22.9 Å². The van der Waals surface area contributed by atoms with Gasteiger partial charge in [-0.1, -0.05) is 35.1 Å². The van der Waals surface area contributed by atoms with Crippen molar-refractivity contribution in [1.82, 2.24) is 4.98 Å². The number of halogens is 1. The Kier molecular flexibility index (Phi) is 5.94. The lowest BCUT2D eigenvalue weighted by Crippen LogP contribution is -2.33. The third-order valence-corrected chi connectivity index (χ3v) is 5.56. The molecule has 5 nitrogen and oxygen atoms in total. The minimum absolute atomic E-state index is 0.0339. The van der Waals surface area contributed by atoms with E-state index in [4.69, 9.17) is 16.3 Å². The van der Waals surface area contributed by atoms with Crippen LogP contribution in [0.2, 0.25) is 5.02 Å². The number of carbonyl (C=O) groups excluding carboxylic acids is 2. The fraction of sp³-hybridized carbons (Fsp3) is 0.421. The molecular formula is C19H21ClN2O3S. The van der Waals surface area contributed by atoms with Crippen LogP contribution in [0.5, 0.6) is 0 Å². The number of rotatable bonds is 7. The van der Waals surface area contributed by atoms with Crippen LogP contribution in [0.25, 0.3) is 0 Å². The molecule has 0 aliphatic heterocycles. The molecule has 1 aliphatic rings. The molecule has 0 N–H and O–H groups in total. The van der Waals surface area contributed by atoms with Gasteiger partial charge in [0.2, 0.25) is 5.91 Å². The van der Waals surface area contributed by atoms with Gasteiger partial charge in [0.25, 0.3) is 0 Å². The van der Waals surface area contributed by atoms with E-state index in [9.17, 15) is 9.59 Å². The Bertz CT molecular complexity index is 800. The van der Waals surface area contributed by atoms with Gasteiger partial charge in [0, 0.05) is 17.5 Å². The smallest absolute Gasteiger partial charge is 0.350 e. The molecule has 0 spiro atoms. The van der Waals surface area contributed by atoms with Gasteiger partial charge >= 0.3 is 5.97 Å². The van der Waals surface area contributed by atoms with Crippen molar-refractivity contribution < 1.29 is 14.3 Å². The van der Waals surface area contributed by atoms with Crippen molar-refractivity contribution in [2.75, 3.05) is 11.5 Å². The topological polar surface area (TPSA) is 59.5 Å². The summed E-state index contributed by atoms with van der Waals surface area (Å²) in [5.41, 5.74) is 1.68. The molecule has 26 heavy (non-hydrogen) atoms. The Balaban J connectivity index is 1.72. The zero-order chi connectivity index (χ0) is 18.7. The summed E-state index contributed by atoms with van der Waals surface area (Å²) in [6.07, 6.45) is 2.99. The first-order valence-corrected chi connectivity index (χ1v) is 9.90. The zero-order valence-corrected chi connectivity index (χ0v) is 16.4. The van der Waals surface area contributed by atoms with Gasteiger partial charge in [0.1, 0.15) is 4.88 Å². The molecule has 1 aromatic carbocycles. The van der Waals surface area contributed by atoms with Crippen LogP contribution in [0.1, 0.15) is 47.1 Å². The minimum Gasteiger partial charge on any atom is -0.462 e. The molecular weight excluding hydrogens is 372 g/mol. The number of hydrogen-bond donors (Lipinski definition) is 0. The SMILES string of the molecule is CCOC(=O)c1sc(N(C(=O)CCc2ccc(Cl)cc2)C2CC2)nc1C. The van der Waals surface area contributed by atoms with E-state index in [-0.39, 0.29) is 17.9 Å². The number of amides is 1. The highest BCUT2D eigenvalue weighted by Gasteiger charge is 2.36. The molecule has 0 bridgehead atoms. The van der Waals surface area contributed by atoms with Crippen LogP contribution in [0, 0.1) is 6.92 Å². The van der Waals surface area contributed by atoms with Gasteiger partial charge in [-0.2, -0.15) is 0 Å². The fourth-order valence-electron chi connectivity index (χ4n) is 2.69. The van der Waals surface area contributed by atoms with Crippen LogP contribution in [0.3, 0.4) is 0 Å². The first-order valence-electron chi connectivity index (χ1n) is 8.70. The predicted octanol–water partition coefficient (Wildman–Crippen LogP) is 4.41. The quantitative estimate of drug-likeness (QED) is 0.655. The molecule has 1 aromatic heterocycles. The summed E-state index contributed by atoms with van der Waals surface area (Å²) >= 11 is 7.14. The first-order chi connectivity index (χ1) is 12.5. The van der Waals surface area contributed by atoms with E-state index >= 15 is 0 Å². The van der Waals surface area contributed by atoms with E-state index in [1.807, 2.05) is 24.3 Å². The number of ether oxygens (including phenoxy) is 1. The van der Waals surface area contributed by atoms with Gasteiger partial charge in [-0.3, -0.25) is 9.69 Å². The van der Waals surface area contributed by atoms with Crippen LogP contribution in [-0.4, -0.2) is 29.5 Å². The van der Waals surface area contributed by atoms with Crippen LogP contribution in [-0.2, 0) is 16.0 Å². The normalized spacial score (nSPS) is 13.5. The Morgan fingerprint density at radius 2 is 2.00 bits per heavy atom. The van der Waals surface area contributed by atoms with Gasteiger partial charge in [0.05, 0.1) is 12.3 Å². The third-order valence-electron chi connectivity index (χ3n) is 4.17. The number of carbonyl (C=O) groups is 2. The van der Waals surface area contributed by atoms with Crippen LogP contribution < -0.4 is 4.90 Å². The third kappa shape index (κ3) is 4.43. The van der Waals surface area contributed by atoms with E-state index in [0.29, 0.717) is 40.2 Å². The molecule has 0 radical (unpaired) electrons. The molecule has 0 saturated heterocycles. The summed E-state index contributed by atoms with van der Waals surface area (Å²) in [5, 5.41) is 1.28. The lowest BCUT2D eigenvalue weighted by molar-refractivity contribution is -0.118. The van der Waals surface area contributed by atoms with Crippen molar-refractivity contribution in [3.63, 3.8) is 0 Å². The number of aromatic nitrogens is 1. The van der Waals surface area contributed by atoms with Crippen LogP contribution in [0.15, 0.2) is 24.3 Å². The average molecular weight is 393 g/mol. The number of aryl methyl sites for hydroxylation is 2. The lowest BCUT2D eigenvalue weighted by atomic mass is 10.1. The monoisotopic (exact) mass is 392 g/mol. The van der Waals surface area contributed by atoms with E-state index in [2.05, 4.69) is 4.98 Å². The summed E-state index contributed by atoms with van der Waals surface area (Å²) < 4.78 is 5.07. The van der Waals surface area contributed by atoms with Gasteiger partial charge < -0.3 is 4.74 Å². The number of esters is 1. The zero-order valence-electron chi connectivity index (χ0n) is 14.8. The van der Waals surface area contributed by atoms with Crippen LogP contribution in [0.4, 0.5) is 5.13 Å². The number of hydrogen-bond acceptors (Lipinski definition) is 5. The van der Waals surface area contributed by atoms with Gasteiger partial charge in [-0.05, 0) is 50.8 Å². The Hall–Kier alpha value is -1.92. The van der Waals surface area contributed by atoms with Crippen molar-refractivity contribution in [2.45, 2.75) is 45.6 Å². The lowest BCUT2D eigenvalue weighted by Gasteiger charge is -2.19. The molecule has 1 amide bonds. The Morgan fingerprint density at radius 1 is 1.31 bits per heavy atom. The molecule has 7 heteroatoms. The molecule has 1 saturated carbocycles. The van der Waals surface area contributed by atoms with Crippen molar-refractivity contribution in [3.05, 3.63) is 45.4 Å². The van der Waals surface area contributed by atoms with Crippen molar-refractivity contribution in [2.24, 2.45) is 0 Å². The molecule has 2 aromatic rings. The van der Waals surface area contributed by atoms with Gasteiger partial charge in [-0.25, -0.2) is 9.78 Å². The summed E-state index contributed by atoms with van der Waals surface area (Å²) in [5.74, 6) is -0.343. The second-order valence-electron chi connectivity index (χ2n) is 6.25. The van der Waals surface area contributed by atoms with E-state index < -0.39 is 0 Å². The molecule has 3 rings (SSSR count). The summed E-state index contributed by atoms with van der Waals surface area (Å²) in [4.78, 5) is 31.6. The largest absolute Gasteiger partial charge is 0.462 e. The number of anilines is 1. The molecule has 1 heterocycles. The van der Waals surface area contributed by atoms with Crippen molar-refractivity contribution in [1.29, 1.82) is 0 Å². The minimum atomic E-state index is -0.377. The number of thiazole rings is 1. The molecule has 1 aliphatic carbocycles. The Morgan fingerprint density at radius 3 is 2.62 bits per heavy atom. The second-order valence-corrected chi connectivity index (χ2v) is 7.67. The summed E-state index contributed by atoms with van der Waals surface area (Å²) in [6, 6.07) is 7.71. The highest BCUT2D eigenvalue weighted by atomic mass is 35.5. The fourth-order valence-corrected chi connectivity index (χ4v) is 3.87. The maximum atomic E-state index is 12.8. The molecule has 0 unspecified atom stereocenters. The highest BCUT2D eigenvalue weighted by Crippen LogP contribution is 2.36. The van der Waals surface area contributed by atoms with Gasteiger partial charge in [0.15, 0.2) is 5.13 Å². The summed E-state index contributed by atoms with van der Waals surface area (Å²) in [6.45, 7) is 3.86. The summed E-state index contributed by atoms with van der Waals surface area (Å²) in [7, 11) is 0.